The third-order valence-corrected chi connectivity index (χ3v) is 5.97. The van der Waals surface area contributed by atoms with E-state index in [0.29, 0.717) is 43.1 Å². The van der Waals surface area contributed by atoms with Crippen LogP contribution in [0.25, 0.3) is 0 Å². The molecule has 1 aliphatic heterocycles. The fraction of sp³-hybridized carbons (Fsp3) is 0.231. The summed E-state index contributed by atoms with van der Waals surface area (Å²) in [6.45, 7) is 2.64. The molecule has 1 aliphatic rings. The van der Waals surface area contributed by atoms with E-state index < -0.39 is 5.41 Å². The maximum absolute atomic E-state index is 13.5. The molecule has 0 aliphatic carbocycles. The molecule has 3 aromatic carbocycles. The highest BCUT2D eigenvalue weighted by Gasteiger charge is 2.43. The summed E-state index contributed by atoms with van der Waals surface area (Å²) in [7, 11) is 0. The number of halogens is 1. The number of nitrogens with one attached hydrogen (secondary N) is 1. The maximum atomic E-state index is 13.5. The van der Waals surface area contributed by atoms with Crippen LogP contribution in [0.1, 0.15) is 25.3 Å². The molecule has 164 valence electrons. The predicted octanol–water partition coefficient (Wildman–Crippen LogP) is 5.14. The van der Waals surface area contributed by atoms with Gasteiger partial charge < -0.3 is 15.0 Å². The van der Waals surface area contributed by atoms with Gasteiger partial charge in [0.2, 0.25) is 11.8 Å². The molecular formula is C26H25FN2O3. The van der Waals surface area contributed by atoms with Crippen molar-refractivity contribution in [2.45, 2.75) is 25.2 Å². The smallest absolute Gasteiger partial charge is 0.235 e. The standard InChI is InChI=1S/C26H25FN2O3/c1-19(30)29-16-14-26(15-17-29,20-6-3-2-4-7-20)25(31)28-22-10-12-23(13-11-22)32-24-9-5-8-21(27)18-24/h2-13,18H,14-17H2,1H3,(H,28,31). The van der Waals surface area contributed by atoms with Gasteiger partial charge in [0.1, 0.15) is 17.3 Å². The van der Waals surface area contributed by atoms with Gasteiger partial charge in [-0.05, 0) is 54.8 Å². The third kappa shape index (κ3) is 4.64. The Morgan fingerprint density at radius 2 is 1.59 bits per heavy atom. The fourth-order valence-corrected chi connectivity index (χ4v) is 4.13. The zero-order valence-electron chi connectivity index (χ0n) is 17.9. The highest BCUT2D eigenvalue weighted by molar-refractivity contribution is 5.99. The topological polar surface area (TPSA) is 58.6 Å². The van der Waals surface area contributed by atoms with Crippen molar-refractivity contribution in [3.63, 3.8) is 0 Å². The van der Waals surface area contributed by atoms with Gasteiger partial charge in [-0.3, -0.25) is 9.59 Å². The lowest BCUT2D eigenvalue weighted by atomic mass is 9.72. The summed E-state index contributed by atoms with van der Waals surface area (Å²) in [6.07, 6.45) is 1.12. The fourth-order valence-electron chi connectivity index (χ4n) is 4.13. The minimum absolute atomic E-state index is 0.0287. The van der Waals surface area contributed by atoms with E-state index in [0.717, 1.165) is 5.56 Å². The molecule has 0 saturated carbocycles. The molecule has 1 heterocycles. The number of nitrogens with zero attached hydrogens (tertiary/aromatic N) is 1. The van der Waals surface area contributed by atoms with Crippen LogP contribution in [0.3, 0.4) is 0 Å². The number of piperidine rings is 1. The summed E-state index contributed by atoms with van der Waals surface area (Å²) >= 11 is 0. The number of hydrogen-bond donors (Lipinski definition) is 1. The van der Waals surface area contributed by atoms with Gasteiger partial charge in [-0.25, -0.2) is 4.39 Å². The molecule has 0 spiro atoms. The van der Waals surface area contributed by atoms with Gasteiger partial charge in [-0.15, -0.1) is 0 Å². The molecule has 6 heteroatoms. The van der Waals surface area contributed by atoms with Crippen molar-refractivity contribution in [3.05, 3.63) is 90.2 Å². The van der Waals surface area contributed by atoms with Crippen molar-refractivity contribution >= 4 is 17.5 Å². The van der Waals surface area contributed by atoms with Crippen LogP contribution in [0.2, 0.25) is 0 Å². The van der Waals surface area contributed by atoms with Gasteiger partial charge in [0.25, 0.3) is 0 Å². The average Bonchev–Trinajstić information content (AvgIpc) is 2.81. The third-order valence-electron chi connectivity index (χ3n) is 5.97. The summed E-state index contributed by atoms with van der Waals surface area (Å²) in [6, 6.07) is 22.6. The van der Waals surface area contributed by atoms with Crippen LogP contribution in [0, 0.1) is 5.82 Å². The second kappa shape index (κ2) is 9.22. The first-order valence-corrected chi connectivity index (χ1v) is 10.6. The van der Waals surface area contributed by atoms with E-state index >= 15 is 0 Å². The zero-order chi connectivity index (χ0) is 22.6. The van der Waals surface area contributed by atoms with Gasteiger partial charge in [0.05, 0.1) is 5.41 Å². The number of likely N-dealkylation sites (tertiary alicyclic amines) is 1. The van der Waals surface area contributed by atoms with Crippen molar-refractivity contribution < 1.29 is 18.7 Å². The molecule has 0 unspecified atom stereocenters. The monoisotopic (exact) mass is 432 g/mol. The SMILES string of the molecule is CC(=O)N1CCC(C(=O)Nc2ccc(Oc3cccc(F)c3)cc2)(c2ccccc2)CC1. The zero-order valence-corrected chi connectivity index (χ0v) is 17.9. The minimum atomic E-state index is -0.704. The van der Waals surface area contributed by atoms with Crippen molar-refractivity contribution in [2.24, 2.45) is 0 Å². The van der Waals surface area contributed by atoms with Crippen LogP contribution >= 0.6 is 0 Å². The molecule has 1 N–H and O–H groups in total. The van der Waals surface area contributed by atoms with Crippen molar-refractivity contribution in [1.29, 1.82) is 0 Å². The molecule has 0 aromatic heterocycles. The summed E-state index contributed by atoms with van der Waals surface area (Å²) in [5.74, 6) is 0.517. The maximum Gasteiger partial charge on any atom is 0.235 e. The van der Waals surface area contributed by atoms with Gasteiger partial charge in [0.15, 0.2) is 0 Å². The van der Waals surface area contributed by atoms with E-state index in [-0.39, 0.29) is 17.6 Å². The Balaban J connectivity index is 1.50. The van der Waals surface area contributed by atoms with E-state index in [1.165, 1.54) is 12.1 Å². The Morgan fingerprint density at radius 1 is 0.906 bits per heavy atom. The lowest BCUT2D eigenvalue weighted by Gasteiger charge is -2.40. The first kappa shape index (κ1) is 21.6. The second-order valence-corrected chi connectivity index (χ2v) is 7.99. The summed E-state index contributed by atoms with van der Waals surface area (Å²) in [4.78, 5) is 27.1. The molecule has 5 nitrogen and oxygen atoms in total. The van der Waals surface area contributed by atoms with E-state index in [1.807, 2.05) is 30.3 Å². The summed E-state index contributed by atoms with van der Waals surface area (Å²) < 4.78 is 19.0. The summed E-state index contributed by atoms with van der Waals surface area (Å²) in [5.41, 5.74) is 0.891. The number of carbonyl (C=O) groups is 2. The van der Waals surface area contributed by atoms with E-state index in [4.69, 9.17) is 4.74 Å². The van der Waals surface area contributed by atoms with Gasteiger partial charge in [0, 0.05) is 31.8 Å². The lowest BCUT2D eigenvalue weighted by molar-refractivity contribution is -0.133. The Labute approximate surface area is 186 Å². The summed E-state index contributed by atoms with van der Waals surface area (Å²) in [5, 5.41) is 3.04. The predicted molar refractivity (Wildman–Crippen MR) is 121 cm³/mol. The second-order valence-electron chi connectivity index (χ2n) is 7.99. The van der Waals surface area contributed by atoms with Crippen LogP contribution in [0.15, 0.2) is 78.9 Å². The van der Waals surface area contributed by atoms with Crippen LogP contribution < -0.4 is 10.1 Å². The highest BCUT2D eigenvalue weighted by atomic mass is 19.1. The van der Waals surface area contributed by atoms with Crippen molar-refractivity contribution in [3.8, 4) is 11.5 Å². The normalized spacial score (nSPS) is 15.1. The Hall–Kier alpha value is -3.67. The molecule has 0 bridgehead atoms. The molecule has 3 aromatic rings. The van der Waals surface area contributed by atoms with E-state index in [1.54, 1.807) is 48.2 Å². The Morgan fingerprint density at radius 3 is 2.22 bits per heavy atom. The first-order chi connectivity index (χ1) is 15.5. The number of benzene rings is 3. The van der Waals surface area contributed by atoms with Crippen molar-refractivity contribution in [2.75, 3.05) is 18.4 Å². The minimum Gasteiger partial charge on any atom is -0.457 e. The molecule has 1 fully saturated rings. The van der Waals surface area contributed by atoms with Crippen LogP contribution in [0.4, 0.5) is 10.1 Å². The molecule has 0 atom stereocenters. The number of hydrogen-bond acceptors (Lipinski definition) is 3. The van der Waals surface area contributed by atoms with Crippen LogP contribution in [0.5, 0.6) is 11.5 Å². The largest absolute Gasteiger partial charge is 0.457 e. The number of amides is 2. The first-order valence-electron chi connectivity index (χ1n) is 10.6. The number of carbonyl (C=O) groups excluding carboxylic acids is 2. The Bertz CT molecular complexity index is 1090. The molecule has 32 heavy (non-hydrogen) atoms. The van der Waals surface area contributed by atoms with Gasteiger partial charge >= 0.3 is 0 Å². The molecule has 1 saturated heterocycles. The lowest BCUT2D eigenvalue weighted by Crippen LogP contribution is -2.50. The van der Waals surface area contributed by atoms with E-state index in [2.05, 4.69) is 5.32 Å². The number of ether oxygens (including phenoxy) is 1. The number of anilines is 1. The van der Waals surface area contributed by atoms with Crippen LogP contribution in [-0.4, -0.2) is 29.8 Å². The van der Waals surface area contributed by atoms with Crippen molar-refractivity contribution in [1.82, 2.24) is 4.90 Å². The Kier molecular flexibility index (Phi) is 6.21. The molecule has 4 rings (SSSR count). The highest BCUT2D eigenvalue weighted by Crippen LogP contribution is 2.37. The average molecular weight is 432 g/mol. The quantitative estimate of drug-likeness (QED) is 0.608. The van der Waals surface area contributed by atoms with Gasteiger partial charge in [-0.1, -0.05) is 36.4 Å². The van der Waals surface area contributed by atoms with E-state index in [9.17, 15) is 14.0 Å². The molecule has 0 radical (unpaired) electrons. The molecule has 2 amide bonds. The molecular weight excluding hydrogens is 407 g/mol. The number of rotatable bonds is 5. The van der Waals surface area contributed by atoms with Crippen LogP contribution in [-0.2, 0) is 15.0 Å². The van der Waals surface area contributed by atoms with Gasteiger partial charge in [-0.2, -0.15) is 0 Å².